The lowest BCUT2D eigenvalue weighted by Crippen LogP contribution is -2.69. The highest BCUT2D eigenvalue weighted by molar-refractivity contribution is 6.29. The SMILES string of the molecule is C[C@H]1C[C@H]2[C@@H]3CCC4=CC(=O)C=CC4(C)[C@@]3(F)[C@@H](O)C[C@]2(C)[C@@]1(O)C(=O)CCl. The van der Waals surface area contributed by atoms with E-state index < -0.39 is 39.9 Å². The Kier molecular flexibility index (Phi) is 4.33. The van der Waals surface area contributed by atoms with E-state index in [0.29, 0.717) is 19.3 Å². The van der Waals surface area contributed by atoms with Crippen molar-refractivity contribution in [3.63, 3.8) is 0 Å². The second-order valence-corrected chi connectivity index (χ2v) is 9.99. The number of carbonyl (C=O) groups is 2. The summed E-state index contributed by atoms with van der Waals surface area (Å²) < 4.78 is 16.9. The summed E-state index contributed by atoms with van der Waals surface area (Å²) in [4.78, 5) is 24.5. The Balaban J connectivity index is 1.84. The number of hydrogen-bond acceptors (Lipinski definition) is 4. The van der Waals surface area contributed by atoms with Gasteiger partial charge in [-0.05, 0) is 56.6 Å². The van der Waals surface area contributed by atoms with E-state index in [4.69, 9.17) is 11.6 Å². The number of allylic oxidation sites excluding steroid dienone is 4. The third-order valence-electron chi connectivity index (χ3n) is 8.77. The Labute approximate surface area is 169 Å². The van der Waals surface area contributed by atoms with E-state index in [9.17, 15) is 19.8 Å². The fourth-order valence-electron chi connectivity index (χ4n) is 7.24. The Hall–Kier alpha value is -1.04. The Morgan fingerprint density at radius 3 is 2.68 bits per heavy atom. The number of ketones is 2. The van der Waals surface area contributed by atoms with Crippen LogP contribution in [-0.2, 0) is 9.59 Å². The summed E-state index contributed by atoms with van der Waals surface area (Å²) in [5.74, 6) is -2.03. The number of fused-ring (bicyclic) bond motifs is 5. The fraction of sp³-hybridized carbons (Fsp3) is 0.727. The van der Waals surface area contributed by atoms with Crippen LogP contribution in [0.3, 0.4) is 0 Å². The largest absolute Gasteiger partial charge is 0.390 e. The molecule has 1 unspecified atom stereocenters. The smallest absolute Gasteiger partial charge is 0.179 e. The summed E-state index contributed by atoms with van der Waals surface area (Å²) >= 11 is 5.81. The highest BCUT2D eigenvalue weighted by Crippen LogP contribution is 2.70. The Morgan fingerprint density at radius 1 is 1.36 bits per heavy atom. The van der Waals surface area contributed by atoms with Gasteiger partial charge in [0.2, 0.25) is 0 Å². The van der Waals surface area contributed by atoms with Crippen molar-refractivity contribution < 1.29 is 24.2 Å². The summed E-state index contributed by atoms with van der Waals surface area (Å²) in [7, 11) is 0. The van der Waals surface area contributed by atoms with Crippen molar-refractivity contribution in [1.29, 1.82) is 0 Å². The molecule has 0 heterocycles. The minimum atomic E-state index is -1.95. The molecule has 0 spiro atoms. The van der Waals surface area contributed by atoms with Gasteiger partial charge < -0.3 is 10.2 Å². The first-order valence-electron chi connectivity index (χ1n) is 10.1. The van der Waals surface area contributed by atoms with Gasteiger partial charge in [0.05, 0.1) is 12.0 Å². The molecule has 3 saturated carbocycles. The zero-order valence-corrected chi connectivity index (χ0v) is 17.3. The number of halogens is 2. The molecule has 0 bridgehead atoms. The third-order valence-corrected chi connectivity index (χ3v) is 9.01. The second kappa shape index (κ2) is 5.99. The van der Waals surface area contributed by atoms with Crippen LogP contribution in [0.2, 0.25) is 0 Å². The van der Waals surface area contributed by atoms with Crippen molar-refractivity contribution >= 4 is 23.2 Å². The summed E-state index contributed by atoms with van der Waals surface area (Å²) in [6.07, 6.45) is 4.69. The van der Waals surface area contributed by atoms with Crippen molar-refractivity contribution in [3.05, 3.63) is 23.8 Å². The molecule has 0 aromatic heterocycles. The first-order chi connectivity index (χ1) is 13.0. The molecule has 4 aliphatic carbocycles. The lowest BCUT2D eigenvalue weighted by atomic mass is 9.44. The Morgan fingerprint density at radius 2 is 2.04 bits per heavy atom. The van der Waals surface area contributed by atoms with E-state index in [1.165, 1.54) is 12.2 Å². The van der Waals surface area contributed by atoms with E-state index in [0.717, 1.165) is 5.57 Å². The van der Waals surface area contributed by atoms with Gasteiger partial charge in [0.1, 0.15) is 5.60 Å². The quantitative estimate of drug-likeness (QED) is 0.686. The average Bonchev–Trinajstić information content (AvgIpc) is 2.84. The molecule has 154 valence electrons. The van der Waals surface area contributed by atoms with E-state index in [-0.39, 0.29) is 29.9 Å². The van der Waals surface area contributed by atoms with Gasteiger partial charge >= 0.3 is 0 Å². The number of aliphatic hydroxyl groups is 2. The molecule has 4 nitrogen and oxygen atoms in total. The minimum Gasteiger partial charge on any atom is -0.390 e. The minimum absolute atomic E-state index is 0.0151. The zero-order chi connectivity index (χ0) is 20.7. The second-order valence-electron chi connectivity index (χ2n) is 9.72. The molecule has 0 amide bonds. The molecule has 8 atom stereocenters. The molecule has 0 saturated heterocycles. The van der Waals surface area contributed by atoms with Crippen LogP contribution >= 0.6 is 11.6 Å². The van der Waals surface area contributed by atoms with Crippen molar-refractivity contribution in [2.24, 2.45) is 28.6 Å². The first-order valence-corrected chi connectivity index (χ1v) is 10.6. The fourth-order valence-corrected chi connectivity index (χ4v) is 7.45. The molecule has 0 radical (unpaired) electrons. The molecule has 28 heavy (non-hydrogen) atoms. The molecular formula is C22H28ClFO4. The van der Waals surface area contributed by atoms with Gasteiger partial charge in [-0.1, -0.05) is 25.5 Å². The maximum atomic E-state index is 16.9. The number of carbonyl (C=O) groups excluding carboxylic acids is 2. The molecule has 6 heteroatoms. The van der Waals surface area contributed by atoms with E-state index in [2.05, 4.69) is 0 Å². The summed E-state index contributed by atoms with van der Waals surface area (Å²) in [5.41, 5.74) is -4.90. The van der Waals surface area contributed by atoms with E-state index in [1.807, 2.05) is 13.8 Å². The molecule has 0 aromatic carbocycles. The van der Waals surface area contributed by atoms with E-state index in [1.54, 1.807) is 13.0 Å². The van der Waals surface area contributed by atoms with Crippen molar-refractivity contribution in [1.82, 2.24) is 0 Å². The van der Waals surface area contributed by atoms with E-state index >= 15 is 4.39 Å². The first kappa shape index (κ1) is 20.2. The summed E-state index contributed by atoms with van der Waals surface area (Å²) in [6.45, 7) is 5.38. The molecule has 0 aliphatic heterocycles. The number of Topliss-reactive ketones (excluding diaryl/α,β-unsaturated/α-hetero) is 1. The third kappa shape index (κ3) is 2.08. The van der Waals surface area contributed by atoms with Crippen LogP contribution < -0.4 is 0 Å². The number of hydrogen-bond donors (Lipinski definition) is 2. The van der Waals surface area contributed by atoms with Crippen LogP contribution in [0.4, 0.5) is 4.39 Å². The molecule has 2 N–H and O–H groups in total. The lowest BCUT2D eigenvalue weighted by molar-refractivity contribution is -0.218. The maximum absolute atomic E-state index is 16.9. The maximum Gasteiger partial charge on any atom is 0.179 e. The van der Waals surface area contributed by atoms with Crippen molar-refractivity contribution in [2.45, 2.75) is 63.8 Å². The zero-order valence-electron chi connectivity index (χ0n) is 16.5. The van der Waals surface area contributed by atoms with Gasteiger partial charge in [-0.25, -0.2) is 4.39 Å². The number of aliphatic hydroxyl groups excluding tert-OH is 1. The molecule has 4 rings (SSSR count). The van der Waals surface area contributed by atoms with Gasteiger partial charge in [-0.3, -0.25) is 9.59 Å². The van der Waals surface area contributed by atoms with Gasteiger partial charge in [0.15, 0.2) is 17.2 Å². The monoisotopic (exact) mass is 410 g/mol. The topological polar surface area (TPSA) is 74.6 Å². The predicted molar refractivity (Wildman–Crippen MR) is 104 cm³/mol. The predicted octanol–water partition coefficient (Wildman–Crippen LogP) is 3.14. The standard InChI is InChI=1S/C22H28ClFO4/c1-12-8-16-15-5-4-13-9-14(25)6-7-19(13,2)21(15,24)17(26)10-20(16,3)22(12,28)18(27)11-23/h6-7,9,12,15-17,26,28H,4-5,8,10-11H2,1-3H3/t12-,15-,16-,17-,19?,20-,21-,22-/m0/s1. The molecular weight excluding hydrogens is 383 g/mol. The van der Waals surface area contributed by atoms with Crippen LogP contribution in [0.5, 0.6) is 0 Å². The Bertz CT molecular complexity index is 808. The number of rotatable bonds is 2. The van der Waals surface area contributed by atoms with Crippen LogP contribution in [0.25, 0.3) is 0 Å². The highest BCUT2D eigenvalue weighted by Gasteiger charge is 2.75. The molecule has 3 fully saturated rings. The van der Waals surface area contributed by atoms with Gasteiger partial charge in [0, 0.05) is 16.7 Å². The molecule has 4 aliphatic rings. The number of alkyl halides is 2. The van der Waals surface area contributed by atoms with Crippen LogP contribution in [-0.4, -0.2) is 45.0 Å². The molecule has 0 aromatic rings. The van der Waals surface area contributed by atoms with Crippen LogP contribution in [0, 0.1) is 28.6 Å². The van der Waals surface area contributed by atoms with Crippen LogP contribution in [0.15, 0.2) is 23.8 Å². The van der Waals surface area contributed by atoms with Gasteiger partial charge in [-0.15, -0.1) is 11.6 Å². The normalized spacial score (nSPS) is 52.5. The van der Waals surface area contributed by atoms with Crippen molar-refractivity contribution in [2.75, 3.05) is 5.88 Å². The van der Waals surface area contributed by atoms with Crippen molar-refractivity contribution in [3.8, 4) is 0 Å². The van der Waals surface area contributed by atoms with Gasteiger partial charge in [0.25, 0.3) is 0 Å². The summed E-state index contributed by atoms with van der Waals surface area (Å²) in [6, 6.07) is 0. The highest BCUT2D eigenvalue weighted by atomic mass is 35.5. The lowest BCUT2D eigenvalue weighted by Gasteiger charge is -2.62. The average molecular weight is 411 g/mol. The van der Waals surface area contributed by atoms with Crippen LogP contribution in [0.1, 0.15) is 46.5 Å². The summed E-state index contributed by atoms with van der Waals surface area (Å²) in [5, 5.41) is 22.6. The van der Waals surface area contributed by atoms with Gasteiger partial charge in [-0.2, -0.15) is 0 Å².